The van der Waals surface area contributed by atoms with Gasteiger partial charge in [-0.05, 0) is 61.4 Å². The van der Waals surface area contributed by atoms with Crippen LogP contribution < -0.4 is 0 Å². The van der Waals surface area contributed by atoms with Crippen LogP contribution >= 0.6 is 0 Å². The van der Waals surface area contributed by atoms with Crippen LogP contribution in [-0.4, -0.2) is 14.5 Å². The Bertz CT molecular complexity index is 2330. The highest BCUT2D eigenvalue weighted by atomic mass is 16.3. The van der Waals surface area contributed by atoms with Crippen molar-refractivity contribution >= 4 is 22.0 Å². The number of hydrogen-bond donors (Lipinski definition) is 0. The van der Waals surface area contributed by atoms with Crippen molar-refractivity contribution < 1.29 is 4.42 Å². The smallest absolute Gasteiger partial charge is 0.161 e. The number of hydrogen-bond acceptors (Lipinski definition) is 3. The van der Waals surface area contributed by atoms with E-state index in [2.05, 4.69) is 122 Å². The van der Waals surface area contributed by atoms with Crippen LogP contribution in [0.15, 0.2) is 144 Å². The van der Waals surface area contributed by atoms with Crippen molar-refractivity contribution in [2.45, 2.75) is 19.3 Å². The second-order valence-corrected chi connectivity index (χ2v) is 12.3. The molecule has 3 heterocycles. The van der Waals surface area contributed by atoms with E-state index in [1.54, 1.807) is 0 Å². The Morgan fingerprint density at radius 2 is 1.20 bits per heavy atom. The summed E-state index contributed by atoms with van der Waals surface area (Å²) >= 11 is 0. The van der Waals surface area contributed by atoms with Crippen molar-refractivity contribution in [3.05, 3.63) is 151 Å². The molecular weight excluding hydrogens is 550 g/mol. The number of para-hydroxylation sites is 2. The Kier molecular flexibility index (Phi) is 5.51. The van der Waals surface area contributed by atoms with Gasteiger partial charge in [0.05, 0.1) is 16.9 Å². The minimum atomic E-state index is -0.299. The van der Waals surface area contributed by atoms with Crippen LogP contribution in [0.5, 0.6) is 0 Å². The monoisotopic (exact) mass is 579 g/mol. The number of furan rings is 1. The lowest BCUT2D eigenvalue weighted by Gasteiger charge is -2.19. The highest BCUT2D eigenvalue weighted by Crippen LogP contribution is 2.55. The lowest BCUT2D eigenvalue weighted by atomic mass is 9.85. The van der Waals surface area contributed by atoms with Gasteiger partial charge in [0.2, 0.25) is 0 Å². The van der Waals surface area contributed by atoms with Crippen LogP contribution in [0, 0.1) is 0 Å². The molecule has 5 aromatic carbocycles. The van der Waals surface area contributed by atoms with E-state index in [0.717, 1.165) is 67.1 Å². The fourth-order valence-electron chi connectivity index (χ4n) is 6.98. The van der Waals surface area contributed by atoms with E-state index in [4.69, 9.17) is 14.4 Å². The summed E-state index contributed by atoms with van der Waals surface area (Å²) in [6.07, 6.45) is 0. The molecule has 0 fully saturated rings. The molecule has 0 spiro atoms. The second kappa shape index (κ2) is 9.63. The SMILES string of the molecule is CC1(C)c2ccc(-c3nc(-c4ccccc4)cc(-c4ccccc4)n3)cc2-c2c1oc1c3ccccc3n(-c3ccccc3)c21. The van der Waals surface area contributed by atoms with Gasteiger partial charge in [-0.25, -0.2) is 9.97 Å². The summed E-state index contributed by atoms with van der Waals surface area (Å²) in [5, 5.41) is 1.12. The molecule has 9 rings (SSSR count). The van der Waals surface area contributed by atoms with Gasteiger partial charge in [0.25, 0.3) is 0 Å². The van der Waals surface area contributed by atoms with Crippen molar-refractivity contribution in [2.24, 2.45) is 0 Å². The normalized spacial score (nSPS) is 13.3. The van der Waals surface area contributed by atoms with Gasteiger partial charge >= 0.3 is 0 Å². The zero-order valence-electron chi connectivity index (χ0n) is 25.0. The summed E-state index contributed by atoms with van der Waals surface area (Å²) in [6, 6.07) is 48.5. The number of rotatable bonds is 4. The van der Waals surface area contributed by atoms with Crippen molar-refractivity contribution in [1.82, 2.24) is 14.5 Å². The van der Waals surface area contributed by atoms with Gasteiger partial charge in [0, 0.05) is 38.7 Å². The van der Waals surface area contributed by atoms with E-state index in [0.29, 0.717) is 5.82 Å². The lowest BCUT2D eigenvalue weighted by molar-refractivity contribution is 0.466. The number of nitrogens with zero attached hydrogens (tertiary/aromatic N) is 3. The molecular formula is C41H29N3O. The first-order chi connectivity index (χ1) is 22.1. The van der Waals surface area contributed by atoms with Gasteiger partial charge in [-0.2, -0.15) is 0 Å². The van der Waals surface area contributed by atoms with Crippen molar-refractivity contribution in [3.8, 4) is 50.7 Å². The molecule has 4 heteroatoms. The molecule has 0 amide bonds. The molecule has 0 atom stereocenters. The predicted molar refractivity (Wildman–Crippen MR) is 183 cm³/mol. The molecule has 0 N–H and O–H groups in total. The maximum atomic E-state index is 6.87. The maximum Gasteiger partial charge on any atom is 0.161 e. The standard InChI is InChI=1S/C41H29N3O/c1-41(2)32-23-22-28(40-42-33(26-14-6-3-7-15-26)25-34(43-40)27-16-8-4-9-17-27)24-31(32)36-37-38(45-39(36)41)30-20-12-13-21-35(30)44(37)29-18-10-5-11-19-29/h3-25H,1-2H3. The van der Waals surface area contributed by atoms with Gasteiger partial charge in [0.1, 0.15) is 11.3 Å². The Morgan fingerprint density at radius 3 is 1.87 bits per heavy atom. The maximum absolute atomic E-state index is 6.87. The topological polar surface area (TPSA) is 43.9 Å². The lowest BCUT2D eigenvalue weighted by Crippen LogP contribution is -2.14. The summed E-state index contributed by atoms with van der Waals surface area (Å²) in [4.78, 5) is 10.3. The molecule has 45 heavy (non-hydrogen) atoms. The van der Waals surface area contributed by atoms with Gasteiger partial charge in [-0.1, -0.05) is 103 Å². The van der Waals surface area contributed by atoms with Gasteiger partial charge in [-0.3, -0.25) is 0 Å². The average Bonchev–Trinajstić information content (AvgIpc) is 3.71. The molecule has 4 nitrogen and oxygen atoms in total. The largest absolute Gasteiger partial charge is 0.457 e. The zero-order chi connectivity index (χ0) is 30.1. The van der Waals surface area contributed by atoms with Gasteiger partial charge in [-0.15, -0.1) is 0 Å². The molecule has 0 saturated carbocycles. The highest BCUT2D eigenvalue weighted by Gasteiger charge is 2.42. The van der Waals surface area contributed by atoms with Gasteiger partial charge in [0.15, 0.2) is 11.4 Å². The van der Waals surface area contributed by atoms with Crippen LogP contribution in [0.4, 0.5) is 0 Å². The molecule has 3 aromatic heterocycles. The van der Waals surface area contributed by atoms with E-state index < -0.39 is 0 Å². The number of benzene rings is 5. The summed E-state index contributed by atoms with van der Waals surface area (Å²) in [5.41, 5.74) is 12.4. The molecule has 0 unspecified atom stereocenters. The van der Waals surface area contributed by atoms with Crippen LogP contribution in [-0.2, 0) is 5.41 Å². The van der Waals surface area contributed by atoms with E-state index in [9.17, 15) is 0 Å². The average molecular weight is 580 g/mol. The first-order valence-electron chi connectivity index (χ1n) is 15.3. The van der Waals surface area contributed by atoms with E-state index in [1.165, 1.54) is 11.1 Å². The molecule has 1 aliphatic rings. The fraction of sp³-hybridized carbons (Fsp3) is 0.0732. The highest BCUT2D eigenvalue weighted by molar-refractivity contribution is 6.13. The van der Waals surface area contributed by atoms with Crippen LogP contribution in [0.3, 0.4) is 0 Å². The fourth-order valence-corrected chi connectivity index (χ4v) is 6.98. The van der Waals surface area contributed by atoms with Gasteiger partial charge < -0.3 is 8.98 Å². The minimum absolute atomic E-state index is 0.299. The molecule has 0 bridgehead atoms. The Hall–Kier alpha value is -5.74. The Balaban J connectivity index is 1.31. The Labute approximate surface area is 261 Å². The molecule has 0 saturated heterocycles. The van der Waals surface area contributed by atoms with E-state index >= 15 is 0 Å². The van der Waals surface area contributed by atoms with Crippen LogP contribution in [0.1, 0.15) is 25.2 Å². The summed E-state index contributed by atoms with van der Waals surface area (Å²) in [5.74, 6) is 1.70. The number of aromatic nitrogens is 3. The number of fused-ring (bicyclic) bond motifs is 7. The summed E-state index contributed by atoms with van der Waals surface area (Å²) in [7, 11) is 0. The molecule has 1 aliphatic carbocycles. The van der Waals surface area contributed by atoms with Crippen molar-refractivity contribution in [2.75, 3.05) is 0 Å². The quantitative estimate of drug-likeness (QED) is 0.208. The third-order valence-corrected chi connectivity index (χ3v) is 9.16. The molecule has 214 valence electrons. The van der Waals surface area contributed by atoms with E-state index in [-0.39, 0.29) is 5.41 Å². The summed E-state index contributed by atoms with van der Waals surface area (Å²) < 4.78 is 9.22. The third kappa shape index (κ3) is 3.85. The Morgan fingerprint density at radius 1 is 0.600 bits per heavy atom. The molecule has 8 aromatic rings. The molecule has 0 aliphatic heterocycles. The van der Waals surface area contributed by atoms with Crippen LogP contribution in [0.25, 0.3) is 72.7 Å². The first kappa shape index (κ1) is 25.7. The third-order valence-electron chi connectivity index (χ3n) is 9.16. The van der Waals surface area contributed by atoms with Crippen molar-refractivity contribution in [1.29, 1.82) is 0 Å². The predicted octanol–water partition coefficient (Wildman–Crippen LogP) is 10.5. The minimum Gasteiger partial charge on any atom is -0.457 e. The zero-order valence-corrected chi connectivity index (χ0v) is 25.0. The van der Waals surface area contributed by atoms with Crippen molar-refractivity contribution in [3.63, 3.8) is 0 Å². The van der Waals surface area contributed by atoms with Crippen LogP contribution in [0.2, 0.25) is 0 Å². The summed E-state index contributed by atoms with van der Waals surface area (Å²) in [6.45, 7) is 4.52. The first-order valence-corrected chi connectivity index (χ1v) is 15.3. The van der Waals surface area contributed by atoms with E-state index in [1.807, 2.05) is 36.4 Å². The second-order valence-electron chi connectivity index (χ2n) is 12.3. The molecule has 0 radical (unpaired) electrons.